The second-order valence-electron chi connectivity index (χ2n) is 4.98. The summed E-state index contributed by atoms with van der Waals surface area (Å²) in [6.07, 6.45) is -1.10. The molecule has 10 nitrogen and oxygen atoms in total. The van der Waals surface area contributed by atoms with Crippen molar-refractivity contribution < 1.29 is 39.6 Å². The van der Waals surface area contributed by atoms with Crippen molar-refractivity contribution in [2.45, 2.75) is 24.9 Å². The van der Waals surface area contributed by atoms with Crippen LogP contribution < -0.4 is 0 Å². The number of carboxylic acids is 4. The molecule has 1 aliphatic heterocycles. The minimum absolute atomic E-state index is 0.160. The third-order valence-electron chi connectivity index (χ3n) is 3.54. The molecule has 0 amide bonds. The van der Waals surface area contributed by atoms with E-state index in [-0.39, 0.29) is 26.2 Å². The molecule has 0 aliphatic carbocycles. The summed E-state index contributed by atoms with van der Waals surface area (Å²) in [5.74, 6) is -4.97. The molecule has 10 heteroatoms. The van der Waals surface area contributed by atoms with Crippen LogP contribution >= 0.6 is 0 Å². The van der Waals surface area contributed by atoms with Crippen LogP contribution in [0, 0.1) is 0 Å². The van der Waals surface area contributed by atoms with Crippen molar-refractivity contribution in [1.82, 2.24) is 9.80 Å². The Bertz CT molecular complexity index is 416. The molecule has 0 saturated carbocycles. The molecular formula is C12H18N2O8. The van der Waals surface area contributed by atoms with Gasteiger partial charge < -0.3 is 20.4 Å². The molecule has 1 saturated heterocycles. The largest absolute Gasteiger partial charge is 0.481 e. The van der Waals surface area contributed by atoms with Gasteiger partial charge in [0.05, 0.1) is 12.8 Å². The molecule has 2 unspecified atom stereocenters. The fourth-order valence-corrected chi connectivity index (χ4v) is 2.44. The Morgan fingerprint density at radius 3 is 1.14 bits per heavy atom. The smallest absolute Gasteiger partial charge is 0.321 e. The van der Waals surface area contributed by atoms with E-state index in [0.29, 0.717) is 0 Å². The standard InChI is InChI=1S/C12H18N2O8/c15-9(16)5-7(11(19)20)13-1-2-14(4-3-13)8(12(21)22)6-10(17)18/h7-8H,1-6H2,(H,15,16)(H,17,18)(H,19,20)(H,21,22). The number of rotatable bonds is 8. The van der Waals surface area contributed by atoms with Gasteiger partial charge in [-0.1, -0.05) is 0 Å². The van der Waals surface area contributed by atoms with Gasteiger partial charge in [0.25, 0.3) is 0 Å². The van der Waals surface area contributed by atoms with Crippen LogP contribution in [0.4, 0.5) is 0 Å². The Morgan fingerprint density at radius 2 is 0.955 bits per heavy atom. The van der Waals surface area contributed by atoms with Crippen LogP contribution in [0.2, 0.25) is 0 Å². The van der Waals surface area contributed by atoms with Crippen LogP contribution in [-0.2, 0) is 19.2 Å². The molecule has 0 aromatic heterocycles. The number of hydrogen-bond donors (Lipinski definition) is 4. The lowest BCUT2D eigenvalue weighted by molar-refractivity contribution is -0.153. The van der Waals surface area contributed by atoms with E-state index >= 15 is 0 Å². The number of hydrogen-bond acceptors (Lipinski definition) is 6. The van der Waals surface area contributed by atoms with E-state index in [2.05, 4.69) is 0 Å². The van der Waals surface area contributed by atoms with Gasteiger partial charge in [0, 0.05) is 26.2 Å². The minimum atomic E-state index is -1.25. The Balaban J connectivity index is 2.67. The summed E-state index contributed by atoms with van der Waals surface area (Å²) < 4.78 is 0. The zero-order valence-corrected chi connectivity index (χ0v) is 11.7. The highest BCUT2D eigenvalue weighted by Crippen LogP contribution is 2.14. The molecule has 22 heavy (non-hydrogen) atoms. The average molecular weight is 318 g/mol. The molecule has 0 bridgehead atoms. The first-order chi connectivity index (χ1) is 10.2. The fraction of sp³-hybridized carbons (Fsp3) is 0.667. The van der Waals surface area contributed by atoms with Gasteiger partial charge in [0.2, 0.25) is 0 Å². The molecule has 1 rings (SSSR count). The predicted octanol–water partition coefficient (Wildman–Crippen LogP) is -1.54. The fourth-order valence-electron chi connectivity index (χ4n) is 2.44. The van der Waals surface area contributed by atoms with Gasteiger partial charge in [-0.15, -0.1) is 0 Å². The van der Waals surface area contributed by atoms with E-state index < -0.39 is 48.8 Å². The molecule has 4 N–H and O–H groups in total. The van der Waals surface area contributed by atoms with Crippen molar-refractivity contribution in [1.29, 1.82) is 0 Å². The highest BCUT2D eigenvalue weighted by molar-refractivity contribution is 5.81. The first-order valence-corrected chi connectivity index (χ1v) is 6.59. The topological polar surface area (TPSA) is 156 Å². The summed E-state index contributed by atoms with van der Waals surface area (Å²) in [4.78, 5) is 46.5. The number of carbonyl (C=O) groups is 4. The van der Waals surface area contributed by atoms with E-state index in [0.717, 1.165) is 0 Å². The maximum Gasteiger partial charge on any atom is 0.321 e. The van der Waals surface area contributed by atoms with Crippen molar-refractivity contribution in [3.8, 4) is 0 Å². The van der Waals surface area contributed by atoms with Crippen LogP contribution in [0.25, 0.3) is 0 Å². The summed E-state index contributed by atoms with van der Waals surface area (Å²) in [7, 11) is 0. The molecule has 2 atom stereocenters. The molecule has 1 heterocycles. The summed E-state index contributed by atoms with van der Waals surface area (Å²) >= 11 is 0. The predicted molar refractivity (Wildman–Crippen MR) is 70.5 cm³/mol. The highest BCUT2D eigenvalue weighted by atomic mass is 16.4. The van der Waals surface area contributed by atoms with E-state index in [1.807, 2.05) is 0 Å². The molecule has 0 spiro atoms. The van der Waals surface area contributed by atoms with Gasteiger partial charge in [-0.05, 0) is 0 Å². The molecule has 1 aliphatic rings. The van der Waals surface area contributed by atoms with Gasteiger partial charge in [-0.3, -0.25) is 29.0 Å². The quantitative estimate of drug-likeness (QED) is 0.413. The first-order valence-electron chi connectivity index (χ1n) is 6.59. The number of nitrogens with zero attached hydrogens (tertiary/aromatic N) is 2. The average Bonchev–Trinajstić information content (AvgIpc) is 2.41. The van der Waals surface area contributed by atoms with Crippen LogP contribution in [-0.4, -0.2) is 92.4 Å². The zero-order chi connectivity index (χ0) is 16.9. The molecular weight excluding hydrogens is 300 g/mol. The van der Waals surface area contributed by atoms with Gasteiger partial charge in [-0.25, -0.2) is 0 Å². The highest BCUT2D eigenvalue weighted by Gasteiger charge is 2.35. The zero-order valence-electron chi connectivity index (χ0n) is 11.7. The van der Waals surface area contributed by atoms with Crippen molar-refractivity contribution in [2.75, 3.05) is 26.2 Å². The Labute approximate surface area is 125 Å². The van der Waals surface area contributed by atoms with Crippen LogP contribution in [0.3, 0.4) is 0 Å². The minimum Gasteiger partial charge on any atom is -0.481 e. The maximum atomic E-state index is 11.1. The molecule has 0 radical (unpaired) electrons. The van der Waals surface area contributed by atoms with E-state index in [9.17, 15) is 19.2 Å². The van der Waals surface area contributed by atoms with Crippen molar-refractivity contribution >= 4 is 23.9 Å². The van der Waals surface area contributed by atoms with Gasteiger partial charge in [-0.2, -0.15) is 0 Å². The van der Waals surface area contributed by atoms with Crippen LogP contribution in [0.1, 0.15) is 12.8 Å². The van der Waals surface area contributed by atoms with E-state index in [1.165, 1.54) is 9.80 Å². The number of aliphatic carboxylic acids is 4. The summed E-state index contributed by atoms with van der Waals surface area (Å²) in [5.41, 5.74) is 0. The third kappa shape index (κ3) is 4.97. The first kappa shape index (κ1) is 17.9. The Morgan fingerprint density at radius 1 is 0.682 bits per heavy atom. The molecule has 1 fully saturated rings. The normalized spacial score (nSPS) is 19.3. The van der Waals surface area contributed by atoms with Crippen LogP contribution in [0.15, 0.2) is 0 Å². The van der Waals surface area contributed by atoms with Gasteiger partial charge in [0.15, 0.2) is 0 Å². The summed E-state index contributed by atoms with van der Waals surface area (Å²) in [5, 5.41) is 35.6. The number of piperazine rings is 1. The third-order valence-corrected chi connectivity index (χ3v) is 3.54. The van der Waals surface area contributed by atoms with E-state index in [4.69, 9.17) is 20.4 Å². The molecule has 0 aromatic carbocycles. The van der Waals surface area contributed by atoms with Crippen molar-refractivity contribution in [2.24, 2.45) is 0 Å². The van der Waals surface area contributed by atoms with Crippen molar-refractivity contribution in [3.63, 3.8) is 0 Å². The van der Waals surface area contributed by atoms with Gasteiger partial charge >= 0.3 is 23.9 Å². The lowest BCUT2D eigenvalue weighted by Crippen LogP contribution is -2.57. The lowest BCUT2D eigenvalue weighted by Gasteiger charge is -2.39. The van der Waals surface area contributed by atoms with Crippen LogP contribution in [0.5, 0.6) is 0 Å². The number of carboxylic acid groups (broad SMARTS) is 4. The van der Waals surface area contributed by atoms with Crippen molar-refractivity contribution in [3.05, 3.63) is 0 Å². The maximum absolute atomic E-state index is 11.1. The summed E-state index contributed by atoms with van der Waals surface area (Å²) in [6, 6.07) is -2.36. The molecule has 124 valence electrons. The van der Waals surface area contributed by atoms with E-state index in [1.54, 1.807) is 0 Å². The summed E-state index contributed by atoms with van der Waals surface area (Å²) in [6.45, 7) is 0.641. The lowest BCUT2D eigenvalue weighted by atomic mass is 10.1. The Kier molecular flexibility index (Phi) is 6.25. The second-order valence-corrected chi connectivity index (χ2v) is 4.98. The molecule has 0 aromatic rings. The monoisotopic (exact) mass is 318 g/mol. The Hall–Kier alpha value is -2.20. The SMILES string of the molecule is O=C(O)CC(C(=O)O)N1CCN(C(CC(=O)O)C(=O)O)CC1. The van der Waals surface area contributed by atoms with Gasteiger partial charge in [0.1, 0.15) is 12.1 Å². The second kappa shape index (κ2) is 7.71.